The first-order valence-electron chi connectivity index (χ1n) is 5.65. The van der Waals surface area contributed by atoms with Gasteiger partial charge in [0.15, 0.2) is 5.82 Å². The first kappa shape index (κ1) is 13.9. The second-order valence-corrected chi connectivity index (χ2v) is 4.89. The largest absolute Gasteiger partial charge is 0.350 e. The number of rotatable bonds is 3. The summed E-state index contributed by atoms with van der Waals surface area (Å²) >= 11 is 5.48. The van der Waals surface area contributed by atoms with E-state index in [-0.39, 0.29) is 23.0 Å². The molecule has 0 atom stereocenters. The Morgan fingerprint density at radius 3 is 2.68 bits per heavy atom. The zero-order chi connectivity index (χ0) is 14.2. The summed E-state index contributed by atoms with van der Waals surface area (Å²) in [6.07, 6.45) is 2.47. The molecule has 0 aromatic carbocycles. The molecule has 2 aromatic rings. The summed E-state index contributed by atoms with van der Waals surface area (Å²) in [4.78, 5) is 3.99. The Kier molecular flexibility index (Phi) is 3.58. The van der Waals surface area contributed by atoms with Gasteiger partial charge in [0.1, 0.15) is 11.4 Å². The number of alkyl halides is 1. The maximum Gasteiger partial charge on any atom is 0.273 e. The molecule has 0 saturated heterocycles. The summed E-state index contributed by atoms with van der Waals surface area (Å²) in [5.41, 5.74) is 0.0166. The van der Waals surface area contributed by atoms with Crippen LogP contribution in [-0.4, -0.2) is 25.0 Å². The lowest BCUT2D eigenvalue weighted by molar-refractivity contribution is -0.0899. The molecule has 102 valence electrons. The molecule has 2 aromatic heterocycles. The van der Waals surface area contributed by atoms with Crippen LogP contribution in [0.4, 0.5) is 4.39 Å². The number of pyridine rings is 1. The molecule has 0 amide bonds. The Hall–Kier alpha value is -1.50. The molecule has 0 spiro atoms. The minimum absolute atomic E-state index is 0.0474. The zero-order valence-corrected chi connectivity index (χ0v) is 11.1. The molecule has 7 heteroatoms. The maximum absolute atomic E-state index is 13.9. The highest BCUT2D eigenvalue weighted by molar-refractivity contribution is 6.22. The van der Waals surface area contributed by atoms with Crippen LogP contribution in [0.2, 0.25) is 0 Å². The van der Waals surface area contributed by atoms with Crippen molar-refractivity contribution in [3.8, 4) is 11.4 Å². The Morgan fingerprint density at radius 1 is 1.42 bits per heavy atom. The highest BCUT2D eigenvalue weighted by Crippen LogP contribution is 2.33. The lowest BCUT2D eigenvalue weighted by Gasteiger charge is -2.18. The highest BCUT2D eigenvalue weighted by Gasteiger charge is 2.30. The molecule has 19 heavy (non-hydrogen) atoms. The third-order valence-electron chi connectivity index (χ3n) is 2.61. The first-order chi connectivity index (χ1) is 8.82. The van der Waals surface area contributed by atoms with Crippen molar-refractivity contribution in [2.45, 2.75) is 25.1 Å². The van der Waals surface area contributed by atoms with E-state index in [1.54, 1.807) is 0 Å². The number of aliphatic hydroxyl groups is 2. The van der Waals surface area contributed by atoms with Gasteiger partial charge >= 0.3 is 0 Å². The van der Waals surface area contributed by atoms with Crippen LogP contribution in [0.25, 0.3) is 11.4 Å². The molecule has 0 fully saturated rings. The number of hydrogen-bond acceptors (Lipinski definition) is 4. The SMILES string of the molecule is CC(C)n1ncc(F)c1-c1ncccc1C(O)(O)Cl. The summed E-state index contributed by atoms with van der Waals surface area (Å²) in [6.45, 7) is 3.65. The van der Waals surface area contributed by atoms with Gasteiger partial charge in [0, 0.05) is 12.2 Å². The Labute approximate surface area is 114 Å². The van der Waals surface area contributed by atoms with Crippen molar-refractivity contribution in [2.24, 2.45) is 0 Å². The zero-order valence-electron chi connectivity index (χ0n) is 10.4. The molecule has 2 rings (SSSR count). The summed E-state index contributed by atoms with van der Waals surface area (Å²) in [7, 11) is 0. The quantitative estimate of drug-likeness (QED) is 0.668. The number of hydrogen-bond donors (Lipinski definition) is 2. The molecule has 0 aliphatic rings. The third kappa shape index (κ3) is 2.60. The average Bonchev–Trinajstić information content (AvgIpc) is 2.70. The van der Waals surface area contributed by atoms with Gasteiger partial charge in [-0.25, -0.2) is 4.39 Å². The van der Waals surface area contributed by atoms with Crippen molar-refractivity contribution >= 4 is 11.6 Å². The first-order valence-corrected chi connectivity index (χ1v) is 6.02. The summed E-state index contributed by atoms with van der Waals surface area (Å²) in [6, 6.07) is 2.74. The Bertz CT molecular complexity index is 593. The second-order valence-electron chi connectivity index (χ2n) is 4.37. The molecule has 0 aliphatic carbocycles. The van der Waals surface area contributed by atoms with Crippen LogP contribution in [0.5, 0.6) is 0 Å². The van der Waals surface area contributed by atoms with Gasteiger partial charge in [0.05, 0.1) is 11.8 Å². The van der Waals surface area contributed by atoms with E-state index < -0.39 is 11.1 Å². The highest BCUT2D eigenvalue weighted by atomic mass is 35.5. The van der Waals surface area contributed by atoms with Gasteiger partial charge in [-0.05, 0) is 26.0 Å². The van der Waals surface area contributed by atoms with Crippen molar-refractivity contribution in [3.05, 3.63) is 35.9 Å². The number of halogens is 2. The molecular formula is C12H13ClFN3O2. The molecule has 0 radical (unpaired) electrons. The van der Waals surface area contributed by atoms with Crippen LogP contribution in [-0.2, 0) is 5.25 Å². The van der Waals surface area contributed by atoms with E-state index in [0.29, 0.717) is 0 Å². The van der Waals surface area contributed by atoms with Crippen molar-refractivity contribution in [1.82, 2.24) is 14.8 Å². The second kappa shape index (κ2) is 4.88. The summed E-state index contributed by atoms with van der Waals surface area (Å²) in [5, 5.41) is 20.3. The van der Waals surface area contributed by atoms with Crippen LogP contribution < -0.4 is 0 Å². The van der Waals surface area contributed by atoms with Crippen molar-refractivity contribution in [1.29, 1.82) is 0 Å². The van der Waals surface area contributed by atoms with E-state index in [1.807, 2.05) is 13.8 Å². The minimum Gasteiger partial charge on any atom is -0.350 e. The van der Waals surface area contributed by atoms with Crippen LogP contribution in [0.3, 0.4) is 0 Å². The van der Waals surface area contributed by atoms with Crippen LogP contribution >= 0.6 is 11.6 Å². The van der Waals surface area contributed by atoms with Gasteiger partial charge in [0.25, 0.3) is 5.25 Å². The molecule has 0 aliphatic heterocycles. The van der Waals surface area contributed by atoms with E-state index in [1.165, 1.54) is 23.0 Å². The summed E-state index contributed by atoms with van der Waals surface area (Å²) < 4.78 is 15.3. The fourth-order valence-corrected chi connectivity index (χ4v) is 1.96. The van der Waals surface area contributed by atoms with E-state index in [2.05, 4.69) is 10.1 Å². The van der Waals surface area contributed by atoms with Gasteiger partial charge in [-0.1, -0.05) is 11.6 Å². The lowest BCUT2D eigenvalue weighted by atomic mass is 10.1. The van der Waals surface area contributed by atoms with E-state index >= 15 is 0 Å². The normalized spacial score (nSPS) is 12.2. The van der Waals surface area contributed by atoms with Crippen molar-refractivity contribution in [2.75, 3.05) is 0 Å². The molecule has 0 bridgehead atoms. The van der Waals surface area contributed by atoms with Gasteiger partial charge in [-0.15, -0.1) is 0 Å². The molecule has 5 nitrogen and oxygen atoms in total. The topological polar surface area (TPSA) is 71.2 Å². The average molecular weight is 286 g/mol. The smallest absolute Gasteiger partial charge is 0.273 e. The summed E-state index contributed by atoms with van der Waals surface area (Å²) in [5.74, 6) is -0.602. The van der Waals surface area contributed by atoms with Crippen LogP contribution in [0.1, 0.15) is 25.5 Å². The fraction of sp³-hybridized carbons (Fsp3) is 0.333. The van der Waals surface area contributed by atoms with Crippen LogP contribution in [0.15, 0.2) is 24.5 Å². The van der Waals surface area contributed by atoms with E-state index in [4.69, 9.17) is 11.6 Å². The number of aromatic nitrogens is 3. The maximum atomic E-state index is 13.9. The molecule has 0 unspecified atom stereocenters. The minimum atomic E-state index is -2.62. The predicted molar refractivity (Wildman–Crippen MR) is 67.8 cm³/mol. The Balaban J connectivity index is 2.70. The van der Waals surface area contributed by atoms with Gasteiger partial charge in [-0.2, -0.15) is 5.10 Å². The van der Waals surface area contributed by atoms with Gasteiger partial charge < -0.3 is 10.2 Å². The van der Waals surface area contributed by atoms with Crippen molar-refractivity contribution in [3.63, 3.8) is 0 Å². The third-order valence-corrected chi connectivity index (χ3v) is 2.82. The molecule has 2 N–H and O–H groups in total. The van der Waals surface area contributed by atoms with E-state index in [9.17, 15) is 14.6 Å². The predicted octanol–water partition coefficient (Wildman–Crippen LogP) is 2.00. The number of nitrogens with zero attached hydrogens (tertiary/aromatic N) is 3. The lowest BCUT2D eigenvalue weighted by Crippen LogP contribution is -2.19. The molecular weight excluding hydrogens is 273 g/mol. The van der Waals surface area contributed by atoms with E-state index in [0.717, 1.165) is 6.20 Å². The monoisotopic (exact) mass is 285 g/mol. The standard InChI is InChI=1S/C12H13ClFN3O2/c1-7(2)17-11(9(14)6-16-17)10-8(12(13,18)19)4-3-5-15-10/h3-7,18-19H,1-2H3. The molecule has 2 heterocycles. The molecule has 0 saturated carbocycles. The van der Waals surface area contributed by atoms with Crippen molar-refractivity contribution < 1.29 is 14.6 Å². The van der Waals surface area contributed by atoms with Gasteiger partial charge in [0.2, 0.25) is 0 Å². The Morgan fingerprint density at radius 2 is 2.11 bits per heavy atom. The fourth-order valence-electron chi connectivity index (χ4n) is 1.81. The van der Waals surface area contributed by atoms with Gasteiger partial charge in [-0.3, -0.25) is 9.67 Å². The van der Waals surface area contributed by atoms with Crippen LogP contribution in [0, 0.1) is 5.82 Å².